The molecule has 42 heavy (non-hydrogen) atoms. The van der Waals surface area contributed by atoms with Gasteiger partial charge in [0.1, 0.15) is 11.2 Å². The van der Waals surface area contributed by atoms with Crippen molar-refractivity contribution in [2.24, 2.45) is 0 Å². The van der Waals surface area contributed by atoms with Gasteiger partial charge in [-0.05, 0) is 24.9 Å². The average Bonchev–Trinajstić information content (AvgIpc) is 3.42. The lowest BCUT2D eigenvalue weighted by molar-refractivity contribution is -0.139. The van der Waals surface area contributed by atoms with Crippen LogP contribution in [-0.4, -0.2) is 125 Å². The molecule has 4 aliphatic rings. The fraction of sp³-hybridized carbons (Fsp3) is 0.750. The standard InChI is InChI=1S/C32H50N4O6/c1-2-33-14-16-35(23-28(37)38)20-18-34(19-21-36(17-15-33)24-29(39)40)22-26-8-10-27(11-9-26)30-41-31-12-6-4-3-5-7-13-32(31,25-31)42-30/h8-11,30H,2-7,12-25H2,1H3,(H,37,38)(H,39,40). The lowest BCUT2D eigenvalue weighted by Gasteiger charge is -2.33. The molecule has 10 heteroatoms. The average molecular weight is 587 g/mol. The summed E-state index contributed by atoms with van der Waals surface area (Å²) in [6.07, 6.45) is 9.28. The van der Waals surface area contributed by atoms with Gasteiger partial charge in [0.25, 0.3) is 0 Å². The Labute approximate surface area is 250 Å². The second-order valence-electron chi connectivity index (χ2n) is 12.8. The molecule has 2 aliphatic carbocycles. The summed E-state index contributed by atoms with van der Waals surface area (Å²) in [6.45, 7) is 9.29. The van der Waals surface area contributed by atoms with Crippen LogP contribution in [0.1, 0.15) is 75.7 Å². The van der Waals surface area contributed by atoms with Crippen molar-refractivity contribution in [1.29, 1.82) is 0 Å². The Morgan fingerprint density at radius 3 is 1.64 bits per heavy atom. The zero-order valence-electron chi connectivity index (χ0n) is 25.3. The Morgan fingerprint density at radius 1 is 0.714 bits per heavy atom. The van der Waals surface area contributed by atoms with Gasteiger partial charge >= 0.3 is 11.9 Å². The fourth-order valence-corrected chi connectivity index (χ4v) is 7.18. The van der Waals surface area contributed by atoms with E-state index in [1.807, 2.05) is 9.80 Å². The van der Waals surface area contributed by atoms with E-state index in [0.29, 0.717) is 45.8 Å². The summed E-state index contributed by atoms with van der Waals surface area (Å²) in [7, 11) is 0. The molecule has 0 spiro atoms. The topological polar surface area (TPSA) is 106 Å². The predicted molar refractivity (Wildman–Crippen MR) is 159 cm³/mol. The number of carboxylic acid groups (broad SMARTS) is 2. The van der Waals surface area contributed by atoms with Crippen molar-refractivity contribution in [3.05, 3.63) is 35.4 Å². The summed E-state index contributed by atoms with van der Waals surface area (Å²) in [4.78, 5) is 31.7. The monoisotopic (exact) mass is 586 g/mol. The Morgan fingerprint density at radius 2 is 1.17 bits per heavy atom. The minimum Gasteiger partial charge on any atom is -0.480 e. The number of carbonyl (C=O) groups is 2. The number of aliphatic carboxylic acids is 2. The van der Waals surface area contributed by atoms with Crippen LogP contribution in [0.15, 0.2) is 24.3 Å². The maximum atomic E-state index is 11.6. The van der Waals surface area contributed by atoms with Crippen LogP contribution in [0.25, 0.3) is 0 Å². The van der Waals surface area contributed by atoms with E-state index in [9.17, 15) is 19.8 Å². The second-order valence-corrected chi connectivity index (χ2v) is 12.8. The van der Waals surface area contributed by atoms with E-state index in [-0.39, 0.29) is 30.6 Å². The number of hydrogen-bond acceptors (Lipinski definition) is 8. The maximum Gasteiger partial charge on any atom is 0.317 e. The first-order valence-corrected chi connectivity index (χ1v) is 16.1. The Hall–Kier alpha value is -2.08. The van der Waals surface area contributed by atoms with Gasteiger partial charge in [0.05, 0.1) is 13.1 Å². The van der Waals surface area contributed by atoms with Gasteiger partial charge in [-0.15, -0.1) is 0 Å². The summed E-state index contributed by atoms with van der Waals surface area (Å²) in [5, 5.41) is 19.0. The van der Waals surface area contributed by atoms with Crippen molar-refractivity contribution in [3.8, 4) is 0 Å². The Bertz CT molecular complexity index is 1000. The molecule has 2 saturated heterocycles. The van der Waals surface area contributed by atoms with Crippen LogP contribution < -0.4 is 0 Å². The highest BCUT2D eigenvalue weighted by Crippen LogP contribution is 2.67. The molecular formula is C32H50N4O6. The van der Waals surface area contributed by atoms with Crippen LogP contribution in [0.4, 0.5) is 0 Å². The first kappa shape index (κ1) is 31.3. The molecule has 2 aliphatic heterocycles. The third-order valence-electron chi connectivity index (χ3n) is 9.86. The highest BCUT2D eigenvalue weighted by molar-refractivity contribution is 5.69. The maximum absolute atomic E-state index is 11.6. The minimum absolute atomic E-state index is 0.0234. The van der Waals surface area contributed by atoms with E-state index < -0.39 is 11.9 Å². The summed E-state index contributed by atoms with van der Waals surface area (Å²) in [5.41, 5.74) is 2.06. The van der Waals surface area contributed by atoms with Crippen LogP contribution in [0, 0.1) is 0 Å². The lowest BCUT2D eigenvalue weighted by Crippen LogP contribution is -2.47. The quantitative estimate of drug-likeness (QED) is 0.472. The van der Waals surface area contributed by atoms with Gasteiger partial charge in [-0.3, -0.25) is 24.3 Å². The normalized spacial score (nSPS) is 31.0. The SMILES string of the molecule is CCN1CCN(CC(=O)O)CCN(Cc2ccc(C3OC45CCCCCCCC4(C5)O3)cc2)CCN(CC(=O)O)CC1. The van der Waals surface area contributed by atoms with Gasteiger partial charge in [-0.2, -0.15) is 0 Å². The summed E-state index contributed by atoms with van der Waals surface area (Å²) in [5.74, 6) is -1.62. The van der Waals surface area contributed by atoms with Crippen molar-refractivity contribution in [2.45, 2.75) is 82.3 Å². The molecule has 10 nitrogen and oxygen atoms in total. The van der Waals surface area contributed by atoms with Crippen molar-refractivity contribution < 1.29 is 29.3 Å². The van der Waals surface area contributed by atoms with Crippen molar-refractivity contribution in [2.75, 3.05) is 72.0 Å². The third-order valence-corrected chi connectivity index (χ3v) is 9.86. The molecular weight excluding hydrogens is 536 g/mol. The Kier molecular flexibility index (Phi) is 10.6. The third kappa shape index (κ3) is 7.89. The molecule has 2 atom stereocenters. The predicted octanol–water partition coefficient (Wildman–Crippen LogP) is 3.27. The van der Waals surface area contributed by atoms with Crippen LogP contribution in [-0.2, 0) is 25.6 Å². The van der Waals surface area contributed by atoms with Gasteiger partial charge in [0, 0.05) is 70.9 Å². The van der Waals surface area contributed by atoms with E-state index in [2.05, 4.69) is 41.0 Å². The highest BCUT2D eigenvalue weighted by atomic mass is 16.8. The zero-order valence-corrected chi connectivity index (χ0v) is 25.3. The molecule has 2 unspecified atom stereocenters. The fourth-order valence-electron chi connectivity index (χ4n) is 7.18. The van der Waals surface area contributed by atoms with E-state index in [4.69, 9.17) is 9.47 Å². The van der Waals surface area contributed by atoms with Crippen LogP contribution in [0.5, 0.6) is 0 Å². The van der Waals surface area contributed by atoms with Gasteiger partial charge < -0.3 is 24.6 Å². The van der Waals surface area contributed by atoms with E-state index in [0.717, 1.165) is 44.5 Å². The number of hydrogen-bond donors (Lipinski definition) is 2. The van der Waals surface area contributed by atoms with Gasteiger partial charge in [-0.1, -0.05) is 63.3 Å². The summed E-state index contributed by atoms with van der Waals surface area (Å²) in [6, 6.07) is 8.55. The number of ether oxygens (including phenoxy) is 2. The first-order valence-electron chi connectivity index (χ1n) is 16.1. The molecule has 0 radical (unpaired) electrons. The molecule has 1 aromatic rings. The van der Waals surface area contributed by atoms with Crippen molar-refractivity contribution in [1.82, 2.24) is 19.6 Å². The number of likely N-dealkylation sites (N-methyl/N-ethyl adjacent to an activating group) is 1. The van der Waals surface area contributed by atoms with Crippen LogP contribution >= 0.6 is 0 Å². The van der Waals surface area contributed by atoms with Crippen molar-refractivity contribution >= 4 is 11.9 Å². The first-order chi connectivity index (χ1) is 20.3. The summed E-state index contributed by atoms with van der Waals surface area (Å²) < 4.78 is 13.2. The molecule has 2 heterocycles. The zero-order chi connectivity index (χ0) is 29.6. The Balaban J connectivity index is 1.23. The molecule has 234 valence electrons. The van der Waals surface area contributed by atoms with E-state index >= 15 is 0 Å². The molecule has 5 rings (SSSR count). The van der Waals surface area contributed by atoms with Gasteiger partial charge in [0.15, 0.2) is 6.29 Å². The lowest BCUT2D eigenvalue weighted by atomic mass is 10.1. The van der Waals surface area contributed by atoms with E-state index in [1.165, 1.54) is 37.7 Å². The number of benzene rings is 1. The largest absolute Gasteiger partial charge is 0.480 e. The molecule has 4 fully saturated rings. The van der Waals surface area contributed by atoms with Crippen molar-refractivity contribution in [3.63, 3.8) is 0 Å². The highest BCUT2D eigenvalue weighted by Gasteiger charge is 2.74. The number of carboxylic acids is 2. The smallest absolute Gasteiger partial charge is 0.317 e. The van der Waals surface area contributed by atoms with Crippen LogP contribution in [0.2, 0.25) is 0 Å². The number of nitrogens with zero attached hydrogens (tertiary/aromatic N) is 4. The van der Waals surface area contributed by atoms with E-state index in [1.54, 1.807) is 0 Å². The summed E-state index contributed by atoms with van der Waals surface area (Å²) >= 11 is 0. The van der Waals surface area contributed by atoms with Gasteiger partial charge in [0.2, 0.25) is 0 Å². The molecule has 2 N–H and O–H groups in total. The molecule has 0 aromatic heterocycles. The molecule has 0 amide bonds. The number of rotatable bonds is 8. The second kappa shape index (κ2) is 14.1. The molecule has 1 aromatic carbocycles. The van der Waals surface area contributed by atoms with Crippen LogP contribution in [0.3, 0.4) is 0 Å². The molecule has 2 saturated carbocycles. The minimum atomic E-state index is -0.811. The van der Waals surface area contributed by atoms with Gasteiger partial charge in [-0.25, -0.2) is 0 Å². The molecule has 0 bridgehead atoms.